The van der Waals surface area contributed by atoms with Crippen LogP contribution in [0.5, 0.6) is 0 Å². The number of piperidine rings is 1. The van der Waals surface area contributed by atoms with Crippen molar-refractivity contribution >= 4 is 41.0 Å². The number of anilines is 1. The molecule has 0 bridgehead atoms. The summed E-state index contributed by atoms with van der Waals surface area (Å²) in [5, 5.41) is 8.50. The Balaban J connectivity index is 1.48. The van der Waals surface area contributed by atoms with Gasteiger partial charge in [0.15, 0.2) is 0 Å². The minimum Gasteiger partial charge on any atom is -0.334 e. The third-order valence-corrected chi connectivity index (χ3v) is 6.69. The topological polar surface area (TPSA) is 108 Å². The second-order valence-electron chi connectivity index (χ2n) is 8.50. The Hall–Kier alpha value is -3.39. The molecule has 0 aliphatic carbocycles. The molecule has 2 aromatic carbocycles. The first-order valence-electron chi connectivity index (χ1n) is 10.7. The molecule has 2 aromatic rings. The van der Waals surface area contributed by atoms with Crippen molar-refractivity contribution in [2.75, 3.05) is 5.32 Å². The zero-order valence-corrected chi connectivity index (χ0v) is 19.4. The standard InChI is InChI=1S/C24H25ClN4O4/c1-12-4-5-16(9-18(12)25)27-24(33)26-10-15-8-13(2)21-17(14(15)3)11-29(23(21)32)19-6-7-20(30)28-22(19)31/h4-5,8-9,19H,6-7,10-11H2,1-3H3,(H2,26,27,33)(H,28,30,31). The number of amides is 5. The molecule has 0 aromatic heterocycles. The highest BCUT2D eigenvalue weighted by molar-refractivity contribution is 6.31. The zero-order chi connectivity index (χ0) is 23.9. The number of hydrogen-bond donors (Lipinski definition) is 3. The largest absolute Gasteiger partial charge is 0.334 e. The highest BCUT2D eigenvalue weighted by Crippen LogP contribution is 2.33. The van der Waals surface area contributed by atoms with Gasteiger partial charge in [0.05, 0.1) is 0 Å². The van der Waals surface area contributed by atoms with Gasteiger partial charge in [0, 0.05) is 35.8 Å². The lowest BCUT2D eigenvalue weighted by Gasteiger charge is -2.29. The minimum absolute atomic E-state index is 0.200. The molecule has 1 unspecified atom stereocenters. The van der Waals surface area contributed by atoms with E-state index in [2.05, 4.69) is 16.0 Å². The normalized spacial score (nSPS) is 17.6. The predicted molar refractivity (Wildman–Crippen MR) is 124 cm³/mol. The van der Waals surface area contributed by atoms with Crippen LogP contribution in [0.3, 0.4) is 0 Å². The molecule has 2 aliphatic rings. The second kappa shape index (κ2) is 8.86. The number of carbonyl (C=O) groups is 4. The summed E-state index contributed by atoms with van der Waals surface area (Å²) in [7, 11) is 0. The quantitative estimate of drug-likeness (QED) is 0.598. The summed E-state index contributed by atoms with van der Waals surface area (Å²) in [4.78, 5) is 50.8. The van der Waals surface area contributed by atoms with Crippen LogP contribution in [-0.4, -0.2) is 34.7 Å². The van der Waals surface area contributed by atoms with Crippen LogP contribution in [0.2, 0.25) is 5.02 Å². The average molecular weight is 469 g/mol. The Bertz CT molecular complexity index is 1190. The number of urea groups is 1. The molecule has 1 atom stereocenters. The van der Waals surface area contributed by atoms with Crippen molar-refractivity contribution in [3.8, 4) is 0 Å². The van der Waals surface area contributed by atoms with E-state index in [1.54, 1.807) is 12.1 Å². The van der Waals surface area contributed by atoms with Gasteiger partial charge in [-0.3, -0.25) is 19.7 Å². The maximum absolute atomic E-state index is 13.1. The Morgan fingerprint density at radius 3 is 2.61 bits per heavy atom. The van der Waals surface area contributed by atoms with Crippen molar-refractivity contribution in [3.63, 3.8) is 0 Å². The molecule has 0 saturated carbocycles. The van der Waals surface area contributed by atoms with Crippen LogP contribution in [0.1, 0.15) is 51.0 Å². The van der Waals surface area contributed by atoms with Gasteiger partial charge in [-0.25, -0.2) is 4.79 Å². The van der Waals surface area contributed by atoms with Crippen molar-refractivity contribution in [2.45, 2.75) is 52.7 Å². The summed E-state index contributed by atoms with van der Waals surface area (Å²) in [5.74, 6) is -0.946. The van der Waals surface area contributed by atoms with Crippen LogP contribution in [0.15, 0.2) is 24.3 Å². The third-order valence-electron chi connectivity index (χ3n) is 6.28. The molecule has 2 heterocycles. The Kier molecular flexibility index (Phi) is 6.12. The van der Waals surface area contributed by atoms with Crippen molar-refractivity contribution in [1.82, 2.24) is 15.5 Å². The van der Waals surface area contributed by atoms with Gasteiger partial charge >= 0.3 is 6.03 Å². The summed E-state index contributed by atoms with van der Waals surface area (Å²) >= 11 is 6.11. The fourth-order valence-electron chi connectivity index (χ4n) is 4.38. The molecular formula is C24H25ClN4O4. The van der Waals surface area contributed by atoms with Gasteiger partial charge in [-0.05, 0) is 67.1 Å². The van der Waals surface area contributed by atoms with Gasteiger partial charge in [-0.2, -0.15) is 0 Å². The maximum atomic E-state index is 13.1. The van der Waals surface area contributed by atoms with E-state index in [4.69, 9.17) is 11.6 Å². The number of halogens is 1. The summed E-state index contributed by atoms with van der Waals surface area (Å²) in [6.07, 6.45) is 0.533. The summed E-state index contributed by atoms with van der Waals surface area (Å²) in [6, 6.07) is 6.17. The van der Waals surface area contributed by atoms with E-state index in [0.29, 0.717) is 29.2 Å². The van der Waals surface area contributed by atoms with Gasteiger partial charge in [-0.15, -0.1) is 0 Å². The van der Waals surface area contributed by atoms with Crippen molar-refractivity contribution in [3.05, 3.63) is 62.7 Å². The molecule has 0 spiro atoms. The molecule has 5 amide bonds. The van der Waals surface area contributed by atoms with Gasteiger partial charge in [0.1, 0.15) is 6.04 Å². The molecule has 1 saturated heterocycles. The van der Waals surface area contributed by atoms with E-state index < -0.39 is 11.9 Å². The van der Waals surface area contributed by atoms with E-state index in [0.717, 1.165) is 27.8 Å². The van der Waals surface area contributed by atoms with Crippen LogP contribution >= 0.6 is 11.6 Å². The van der Waals surface area contributed by atoms with Gasteiger partial charge in [-0.1, -0.05) is 23.7 Å². The zero-order valence-electron chi connectivity index (χ0n) is 18.7. The van der Waals surface area contributed by atoms with Crippen LogP contribution in [-0.2, 0) is 22.7 Å². The Morgan fingerprint density at radius 1 is 1.15 bits per heavy atom. The first-order chi connectivity index (χ1) is 15.7. The maximum Gasteiger partial charge on any atom is 0.319 e. The molecular weight excluding hydrogens is 444 g/mol. The number of carbonyl (C=O) groups excluding carboxylic acids is 4. The first-order valence-corrected chi connectivity index (χ1v) is 11.1. The average Bonchev–Trinajstić information content (AvgIpc) is 3.10. The van der Waals surface area contributed by atoms with Crippen LogP contribution < -0.4 is 16.0 Å². The smallest absolute Gasteiger partial charge is 0.319 e. The van der Waals surface area contributed by atoms with Crippen LogP contribution in [0.4, 0.5) is 10.5 Å². The van der Waals surface area contributed by atoms with E-state index >= 15 is 0 Å². The van der Waals surface area contributed by atoms with Crippen LogP contribution in [0.25, 0.3) is 0 Å². The summed E-state index contributed by atoms with van der Waals surface area (Å²) < 4.78 is 0. The van der Waals surface area contributed by atoms with E-state index in [1.807, 2.05) is 32.9 Å². The SMILES string of the molecule is Cc1ccc(NC(=O)NCc2cc(C)c3c(c2C)CN(C2CCC(=O)NC2=O)C3=O)cc1Cl. The molecule has 0 radical (unpaired) electrons. The predicted octanol–water partition coefficient (Wildman–Crippen LogP) is 3.35. The molecule has 2 aliphatic heterocycles. The van der Waals surface area contributed by atoms with Gasteiger partial charge in [0.25, 0.3) is 5.91 Å². The second-order valence-corrected chi connectivity index (χ2v) is 8.91. The van der Waals surface area contributed by atoms with Gasteiger partial charge < -0.3 is 15.5 Å². The van der Waals surface area contributed by atoms with Crippen molar-refractivity contribution in [1.29, 1.82) is 0 Å². The molecule has 9 heteroatoms. The lowest BCUT2D eigenvalue weighted by molar-refractivity contribution is -0.136. The third kappa shape index (κ3) is 4.43. The highest BCUT2D eigenvalue weighted by Gasteiger charge is 2.40. The number of rotatable bonds is 4. The number of hydrogen-bond acceptors (Lipinski definition) is 4. The molecule has 172 valence electrons. The van der Waals surface area contributed by atoms with Gasteiger partial charge in [0.2, 0.25) is 11.8 Å². The number of nitrogens with one attached hydrogen (secondary N) is 3. The van der Waals surface area contributed by atoms with Crippen molar-refractivity contribution in [2.24, 2.45) is 0 Å². The highest BCUT2D eigenvalue weighted by atomic mass is 35.5. The number of benzene rings is 2. The van der Waals surface area contributed by atoms with Crippen molar-refractivity contribution < 1.29 is 19.2 Å². The summed E-state index contributed by atoms with van der Waals surface area (Å²) in [6.45, 7) is 6.22. The number of imide groups is 1. The Morgan fingerprint density at radius 2 is 1.91 bits per heavy atom. The number of fused-ring (bicyclic) bond motifs is 1. The fraction of sp³-hybridized carbons (Fsp3) is 0.333. The minimum atomic E-state index is -0.657. The molecule has 8 nitrogen and oxygen atoms in total. The fourth-order valence-corrected chi connectivity index (χ4v) is 4.56. The van der Waals surface area contributed by atoms with Crippen LogP contribution in [0, 0.1) is 20.8 Å². The number of nitrogens with zero attached hydrogens (tertiary/aromatic N) is 1. The molecule has 1 fully saturated rings. The molecule has 3 N–H and O–H groups in total. The molecule has 33 heavy (non-hydrogen) atoms. The molecule has 4 rings (SSSR count). The summed E-state index contributed by atoms with van der Waals surface area (Å²) in [5.41, 5.74) is 5.55. The lowest BCUT2D eigenvalue weighted by Crippen LogP contribution is -2.52. The monoisotopic (exact) mass is 468 g/mol. The number of aryl methyl sites for hydroxylation is 2. The first kappa shape index (κ1) is 22.8. The lowest BCUT2D eigenvalue weighted by atomic mass is 9.94. The Labute approximate surface area is 196 Å². The van der Waals surface area contributed by atoms with E-state index in [1.165, 1.54) is 4.90 Å². The van der Waals surface area contributed by atoms with E-state index in [-0.39, 0.29) is 30.8 Å². The van der Waals surface area contributed by atoms with E-state index in [9.17, 15) is 19.2 Å².